The molecule has 0 radical (unpaired) electrons. The number of carbonyl (C=O) groups excluding carboxylic acids is 2. The van der Waals surface area contributed by atoms with E-state index in [0.29, 0.717) is 0 Å². The van der Waals surface area contributed by atoms with Gasteiger partial charge in [-0.2, -0.15) is 13.2 Å². The molecule has 92 valence electrons. The molecule has 0 amide bonds. The van der Waals surface area contributed by atoms with Crippen LogP contribution in [-0.4, -0.2) is 18.1 Å². The summed E-state index contributed by atoms with van der Waals surface area (Å²) in [6, 6.07) is 3.83. The van der Waals surface area contributed by atoms with Crippen LogP contribution in [0.15, 0.2) is 18.2 Å². The number of hydrogen-bond acceptors (Lipinski definition) is 3. The maximum absolute atomic E-state index is 11.8. The smallest absolute Gasteiger partial charge is 0.383 e. The standard InChI is InChI=1S/C9H3Cl2F3O3/c10-4-2-1-3-5(11)6(4)7(15)17-8(16)9(12,13)14/h1-3H. The van der Waals surface area contributed by atoms with Crippen molar-refractivity contribution in [1.29, 1.82) is 0 Å². The molecule has 0 aliphatic carbocycles. The second-order valence-electron chi connectivity index (χ2n) is 2.77. The molecule has 3 nitrogen and oxygen atoms in total. The fourth-order valence-electron chi connectivity index (χ4n) is 0.886. The van der Waals surface area contributed by atoms with Gasteiger partial charge in [-0.05, 0) is 12.1 Å². The van der Waals surface area contributed by atoms with Crippen LogP contribution in [0.25, 0.3) is 0 Å². The summed E-state index contributed by atoms with van der Waals surface area (Å²) in [6.45, 7) is 0. The van der Waals surface area contributed by atoms with Crippen LogP contribution in [0.2, 0.25) is 10.0 Å². The minimum Gasteiger partial charge on any atom is -0.383 e. The third kappa shape index (κ3) is 3.34. The third-order valence-electron chi connectivity index (χ3n) is 1.58. The van der Waals surface area contributed by atoms with E-state index < -0.39 is 23.7 Å². The first-order valence-electron chi connectivity index (χ1n) is 4.01. The van der Waals surface area contributed by atoms with Gasteiger partial charge in [-0.3, -0.25) is 0 Å². The van der Waals surface area contributed by atoms with E-state index in [1.54, 1.807) is 0 Å². The summed E-state index contributed by atoms with van der Waals surface area (Å²) in [5, 5.41) is -0.421. The Kier molecular flexibility index (Phi) is 4.00. The van der Waals surface area contributed by atoms with Gasteiger partial charge in [0, 0.05) is 0 Å². The van der Waals surface area contributed by atoms with Crippen LogP contribution in [0.5, 0.6) is 0 Å². The molecule has 0 N–H and O–H groups in total. The van der Waals surface area contributed by atoms with Gasteiger partial charge in [0.25, 0.3) is 0 Å². The molecule has 17 heavy (non-hydrogen) atoms. The number of carbonyl (C=O) groups is 2. The van der Waals surface area contributed by atoms with E-state index in [2.05, 4.69) is 4.74 Å². The van der Waals surface area contributed by atoms with Gasteiger partial charge in [-0.1, -0.05) is 29.3 Å². The van der Waals surface area contributed by atoms with Crippen molar-refractivity contribution in [2.45, 2.75) is 6.18 Å². The van der Waals surface area contributed by atoms with E-state index >= 15 is 0 Å². The van der Waals surface area contributed by atoms with Crippen LogP contribution in [0.4, 0.5) is 13.2 Å². The molecule has 0 atom stereocenters. The molecule has 1 aromatic carbocycles. The SMILES string of the molecule is O=C(OC(=O)C(F)(F)F)c1c(Cl)cccc1Cl. The van der Waals surface area contributed by atoms with Crippen molar-refractivity contribution in [3.63, 3.8) is 0 Å². The molecular formula is C9H3Cl2F3O3. The molecule has 0 aromatic heterocycles. The molecule has 0 saturated carbocycles. The number of hydrogen-bond donors (Lipinski definition) is 0. The highest BCUT2D eigenvalue weighted by molar-refractivity contribution is 6.39. The van der Waals surface area contributed by atoms with E-state index in [0.717, 1.165) is 0 Å². The lowest BCUT2D eigenvalue weighted by atomic mass is 10.2. The van der Waals surface area contributed by atoms with E-state index in [1.807, 2.05) is 0 Å². The van der Waals surface area contributed by atoms with Gasteiger partial charge in [-0.15, -0.1) is 0 Å². The van der Waals surface area contributed by atoms with Gasteiger partial charge in [-0.25, -0.2) is 9.59 Å². The first-order chi connectivity index (χ1) is 7.73. The fraction of sp³-hybridized carbons (Fsp3) is 0.111. The highest BCUT2D eigenvalue weighted by Crippen LogP contribution is 2.26. The second-order valence-corrected chi connectivity index (χ2v) is 3.59. The molecule has 1 rings (SSSR count). The second kappa shape index (κ2) is 4.93. The summed E-state index contributed by atoms with van der Waals surface area (Å²) < 4.78 is 39.1. The van der Waals surface area contributed by atoms with Gasteiger partial charge in [0.2, 0.25) is 0 Å². The lowest BCUT2D eigenvalue weighted by Crippen LogP contribution is -2.28. The summed E-state index contributed by atoms with van der Waals surface area (Å²) in [7, 11) is 0. The highest BCUT2D eigenvalue weighted by Gasteiger charge is 2.43. The molecule has 1 aromatic rings. The average molecular weight is 287 g/mol. The van der Waals surface area contributed by atoms with Gasteiger partial charge in [0.1, 0.15) is 0 Å². The third-order valence-corrected chi connectivity index (χ3v) is 2.21. The van der Waals surface area contributed by atoms with Crippen molar-refractivity contribution < 1.29 is 27.5 Å². The molecule has 0 unspecified atom stereocenters. The van der Waals surface area contributed by atoms with Crippen molar-refractivity contribution in [2.24, 2.45) is 0 Å². The minimum atomic E-state index is -5.26. The Morgan fingerprint density at radius 2 is 1.59 bits per heavy atom. The van der Waals surface area contributed by atoms with Gasteiger partial charge in [0.15, 0.2) is 0 Å². The lowest BCUT2D eigenvalue weighted by molar-refractivity contribution is -0.193. The topological polar surface area (TPSA) is 43.4 Å². The van der Waals surface area contributed by atoms with Crippen LogP contribution < -0.4 is 0 Å². The van der Waals surface area contributed by atoms with Crippen LogP contribution in [-0.2, 0) is 9.53 Å². The zero-order valence-electron chi connectivity index (χ0n) is 7.85. The maximum atomic E-state index is 11.8. The number of halogens is 5. The average Bonchev–Trinajstić information content (AvgIpc) is 2.15. The fourth-order valence-corrected chi connectivity index (χ4v) is 1.44. The summed E-state index contributed by atoms with van der Waals surface area (Å²) in [5.41, 5.74) is -0.492. The number of ether oxygens (including phenoxy) is 1. The van der Waals surface area contributed by atoms with Crippen LogP contribution in [0, 0.1) is 0 Å². The lowest BCUT2D eigenvalue weighted by Gasteiger charge is -2.07. The Hall–Kier alpha value is -1.27. The maximum Gasteiger partial charge on any atom is 0.491 e. The van der Waals surface area contributed by atoms with E-state index in [-0.39, 0.29) is 10.0 Å². The van der Waals surface area contributed by atoms with Crippen molar-refractivity contribution in [3.05, 3.63) is 33.8 Å². The normalized spacial score (nSPS) is 11.1. The Morgan fingerprint density at radius 3 is 2.00 bits per heavy atom. The number of esters is 2. The molecule has 0 fully saturated rings. The van der Waals surface area contributed by atoms with Crippen molar-refractivity contribution in [3.8, 4) is 0 Å². The Balaban J connectivity index is 2.96. The highest BCUT2D eigenvalue weighted by atomic mass is 35.5. The predicted octanol–water partition coefficient (Wildman–Crippen LogP) is 3.24. The number of alkyl halides is 3. The Bertz CT molecular complexity index is 451. The van der Waals surface area contributed by atoms with Gasteiger partial charge in [0.05, 0.1) is 15.6 Å². The number of benzene rings is 1. The van der Waals surface area contributed by atoms with Crippen molar-refractivity contribution >= 4 is 35.1 Å². The Labute approximate surface area is 103 Å². The van der Waals surface area contributed by atoms with Crippen molar-refractivity contribution in [2.75, 3.05) is 0 Å². The first-order valence-corrected chi connectivity index (χ1v) is 4.76. The zero-order chi connectivity index (χ0) is 13.2. The summed E-state index contributed by atoms with van der Waals surface area (Å²) >= 11 is 11.1. The quantitative estimate of drug-likeness (QED) is 0.588. The van der Waals surface area contributed by atoms with Crippen LogP contribution >= 0.6 is 23.2 Å². The summed E-state index contributed by atoms with van der Waals surface area (Å²) in [5.74, 6) is -4.18. The van der Waals surface area contributed by atoms with Crippen molar-refractivity contribution in [1.82, 2.24) is 0 Å². The van der Waals surface area contributed by atoms with E-state index in [4.69, 9.17) is 23.2 Å². The zero-order valence-corrected chi connectivity index (χ0v) is 9.36. The summed E-state index contributed by atoms with van der Waals surface area (Å²) in [4.78, 5) is 21.6. The monoisotopic (exact) mass is 286 g/mol. The van der Waals surface area contributed by atoms with Gasteiger partial charge < -0.3 is 4.74 Å². The molecule has 0 aliphatic heterocycles. The van der Waals surface area contributed by atoms with E-state index in [9.17, 15) is 22.8 Å². The first kappa shape index (κ1) is 13.8. The molecular weight excluding hydrogens is 284 g/mol. The molecule has 0 bridgehead atoms. The number of rotatable bonds is 1. The Morgan fingerprint density at radius 1 is 1.12 bits per heavy atom. The largest absolute Gasteiger partial charge is 0.491 e. The molecule has 0 spiro atoms. The summed E-state index contributed by atoms with van der Waals surface area (Å²) in [6.07, 6.45) is -5.26. The predicted molar refractivity (Wildman–Crippen MR) is 52.9 cm³/mol. The molecule has 8 heteroatoms. The van der Waals surface area contributed by atoms with E-state index in [1.165, 1.54) is 18.2 Å². The minimum absolute atomic E-state index is 0.211. The van der Waals surface area contributed by atoms with Crippen LogP contribution in [0.1, 0.15) is 10.4 Å². The molecule has 0 saturated heterocycles. The van der Waals surface area contributed by atoms with Crippen LogP contribution in [0.3, 0.4) is 0 Å². The molecule has 0 aliphatic rings. The van der Waals surface area contributed by atoms with Gasteiger partial charge >= 0.3 is 18.1 Å². The molecule has 0 heterocycles.